The monoisotopic (exact) mass is 634 g/mol. The predicted molar refractivity (Wildman–Crippen MR) is 170 cm³/mol. The number of carbonyl (C=O) groups is 2. The summed E-state index contributed by atoms with van der Waals surface area (Å²) in [6.45, 7) is 9.30. The lowest BCUT2D eigenvalue weighted by molar-refractivity contribution is 0.0240. The number of piperazine rings is 1. The van der Waals surface area contributed by atoms with Gasteiger partial charge >= 0.3 is 12.1 Å². The number of amides is 1. The van der Waals surface area contributed by atoms with E-state index < -0.39 is 21.6 Å². The van der Waals surface area contributed by atoms with Gasteiger partial charge in [-0.1, -0.05) is 36.4 Å². The molecule has 0 spiro atoms. The molecule has 0 unspecified atom stereocenters. The standard InChI is InChI=1S/C33H38N4O7S/c1-23-27-21-26(12-13-28(27)43-29(23)31(38)39)45(41,42)37(16-14-24-9-6-5-7-10-24)22-25-11-8-15-34-30(25)35-17-19-36(20-18-35)32(40)44-33(2,3)4/h5-13,15,21H,14,16-20,22H2,1-4H3,(H,38,39). The van der Waals surface area contributed by atoms with Crippen molar-refractivity contribution in [2.24, 2.45) is 0 Å². The Morgan fingerprint density at radius 2 is 1.73 bits per heavy atom. The number of aromatic carboxylic acids is 1. The molecule has 1 amide bonds. The molecule has 1 aliphatic rings. The number of aromatic nitrogens is 1. The minimum Gasteiger partial charge on any atom is -0.475 e. The fraction of sp³-hybridized carbons (Fsp3) is 0.364. The van der Waals surface area contributed by atoms with Gasteiger partial charge in [-0.3, -0.25) is 0 Å². The summed E-state index contributed by atoms with van der Waals surface area (Å²) < 4.78 is 41.0. The van der Waals surface area contributed by atoms with Crippen LogP contribution in [0.4, 0.5) is 10.6 Å². The smallest absolute Gasteiger partial charge is 0.410 e. The fourth-order valence-electron chi connectivity index (χ4n) is 5.35. The first-order valence-electron chi connectivity index (χ1n) is 14.8. The summed E-state index contributed by atoms with van der Waals surface area (Å²) in [5, 5.41) is 9.92. The van der Waals surface area contributed by atoms with E-state index in [-0.39, 0.29) is 29.8 Å². The molecule has 0 radical (unpaired) electrons. The SMILES string of the molecule is Cc1c(C(=O)O)oc2ccc(S(=O)(=O)N(CCc3ccccc3)Cc3cccnc3N3CCN(C(=O)OC(C)(C)C)CC3)cc12. The van der Waals surface area contributed by atoms with Crippen molar-refractivity contribution in [3.8, 4) is 0 Å². The van der Waals surface area contributed by atoms with Gasteiger partial charge in [0, 0.05) is 62.0 Å². The second-order valence-electron chi connectivity index (χ2n) is 12.0. The molecule has 5 rings (SSSR count). The molecular weight excluding hydrogens is 596 g/mol. The lowest BCUT2D eigenvalue weighted by Gasteiger charge is -2.37. The molecule has 0 saturated carbocycles. The Morgan fingerprint density at radius 1 is 1.02 bits per heavy atom. The molecule has 0 atom stereocenters. The van der Waals surface area contributed by atoms with Gasteiger partial charge in [0.1, 0.15) is 17.0 Å². The van der Waals surface area contributed by atoms with E-state index in [1.807, 2.05) is 57.2 Å². The van der Waals surface area contributed by atoms with Crippen LogP contribution in [0.1, 0.15) is 48.0 Å². The van der Waals surface area contributed by atoms with Crippen molar-refractivity contribution >= 4 is 38.9 Å². The molecule has 1 fully saturated rings. The molecule has 45 heavy (non-hydrogen) atoms. The molecular formula is C33H38N4O7S. The summed E-state index contributed by atoms with van der Waals surface area (Å²) in [6, 6.07) is 17.7. The maximum Gasteiger partial charge on any atom is 0.410 e. The molecule has 238 valence electrons. The van der Waals surface area contributed by atoms with E-state index >= 15 is 0 Å². The van der Waals surface area contributed by atoms with Gasteiger partial charge < -0.3 is 24.1 Å². The highest BCUT2D eigenvalue weighted by Gasteiger charge is 2.30. The summed E-state index contributed by atoms with van der Waals surface area (Å²) in [4.78, 5) is 32.6. The second kappa shape index (κ2) is 12.9. The quantitative estimate of drug-likeness (QED) is 0.260. The summed E-state index contributed by atoms with van der Waals surface area (Å²) in [5.41, 5.74) is 1.81. The van der Waals surface area contributed by atoms with Gasteiger partial charge in [-0.25, -0.2) is 23.0 Å². The number of pyridine rings is 1. The molecule has 12 heteroatoms. The molecule has 2 aromatic heterocycles. The van der Waals surface area contributed by atoms with Crippen LogP contribution < -0.4 is 4.90 Å². The van der Waals surface area contributed by atoms with Crippen LogP contribution in [0.3, 0.4) is 0 Å². The number of anilines is 1. The molecule has 1 aliphatic heterocycles. The van der Waals surface area contributed by atoms with Crippen molar-refractivity contribution in [2.75, 3.05) is 37.6 Å². The normalized spacial score (nSPS) is 14.2. The summed E-state index contributed by atoms with van der Waals surface area (Å²) in [5.74, 6) is -0.769. The average molecular weight is 635 g/mol. The predicted octanol–water partition coefficient (Wildman–Crippen LogP) is 5.33. The van der Waals surface area contributed by atoms with Gasteiger partial charge in [-0.05, 0) is 63.9 Å². The van der Waals surface area contributed by atoms with Gasteiger partial charge in [0.05, 0.1) is 4.90 Å². The van der Waals surface area contributed by atoms with Crippen LogP contribution in [-0.4, -0.2) is 78.1 Å². The number of ether oxygens (including phenoxy) is 1. The number of benzene rings is 2. The van der Waals surface area contributed by atoms with E-state index in [4.69, 9.17) is 9.15 Å². The highest BCUT2D eigenvalue weighted by molar-refractivity contribution is 7.89. The van der Waals surface area contributed by atoms with Crippen LogP contribution in [0.2, 0.25) is 0 Å². The first kappa shape index (κ1) is 32.0. The zero-order valence-corrected chi connectivity index (χ0v) is 26.7. The lowest BCUT2D eigenvalue weighted by Crippen LogP contribution is -2.50. The van der Waals surface area contributed by atoms with E-state index in [9.17, 15) is 23.1 Å². The van der Waals surface area contributed by atoms with Gasteiger partial charge in [0.15, 0.2) is 0 Å². The Hall–Kier alpha value is -4.42. The highest BCUT2D eigenvalue weighted by atomic mass is 32.2. The summed E-state index contributed by atoms with van der Waals surface area (Å²) in [6.07, 6.45) is 1.81. The molecule has 1 N–H and O–H groups in total. The van der Waals surface area contributed by atoms with E-state index in [0.29, 0.717) is 55.0 Å². The van der Waals surface area contributed by atoms with Crippen LogP contribution in [0.15, 0.2) is 76.2 Å². The van der Waals surface area contributed by atoms with Gasteiger partial charge in [0.2, 0.25) is 15.8 Å². The number of aryl methyl sites for hydroxylation is 1. The van der Waals surface area contributed by atoms with E-state index in [0.717, 1.165) is 11.1 Å². The van der Waals surface area contributed by atoms with E-state index in [1.54, 1.807) is 24.1 Å². The number of sulfonamides is 1. The summed E-state index contributed by atoms with van der Waals surface area (Å²) in [7, 11) is -4.05. The molecule has 2 aromatic carbocycles. The van der Waals surface area contributed by atoms with Crippen LogP contribution in [0.25, 0.3) is 11.0 Å². The maximum atomic E-state index is 14.3. The Morgan fingerprint density at radius 3 is 2.40 bits per heavy atom. The minimum atomic E-state index is -4.05. The average Bonchev–Trinajstić information content (AvgIpc) is 3.35. The Balaban J connectivity index is 1.43. The van der Waals surface area contributed by atoms with E-state index in [2.05, 4.69) is 9.88 Å². The third-order valence-electron chi connectivity index (χ3n) is 7.68. The van der Waals surface area contributed by atoms with Gasteiger partial charge in [-0.2, -0.15) is 4.31 Å². The number of hydrogen-bond acceptors (Lipinski definition) is 8. The van der Waals surface area contributed by atoms with Gasteiger partial charge in [0.25, 0.3) is 0 Å². The minimum absolute atomic E-state index is 0.0420. The molecule has 0 aliphatic carbocycles. The van der Waals surface area contributed by atoms with Crippen LogP contribution >= 0.6 is 0 Å². The molecule has 0 bridgehead atoms. The Labute approximate surface area is 263 Å². The van der Waals surface area contributed by atoms with Crippen molar-refractivity contribution in [1.82, 2.24) is 14.2 Å². The maximum absolute atomic E-state index is 14.3. The number of hydrogen-bond donors (Lipinski definition) is 1. The number of carboxylic acid groups (broad SMARTS) is 1. The van der Waals surface area contributed by atoms with Crippen molar-refractivity contribution in [1.29, 1.82) is 0 Å². The third kappa shape index (κ3) is 7.29. The zero-order chi connectivity index (χ0) is 32.4. The molecule has 4 aromatic rings. The lowest BCUT2D eigenvalue weighted by atomic mass is 10.1. The second-order valence-corrected chi connectivity index (χ2v) is 14.0. The van der Waals surface area contributed by atoms with Crippen LogP contribution in [0, 0.1) is 6.92 Å². The number of carboxylic acids is 1. The largest absolute Gasteiger partial charge is 0.475 e. The number of nitrogens with zero attached hydrogens (tertiary/aromatic N) is 4. The number of carbonyl (C=O) groups excluding carboxylic acids is 1. The third-order valence-corrected chi connectivity index (χ3v) is 9.52. The highest BCUT2D eigenvalue weighted by Crippen LogP contribution is 2.30. The Bertz CT molecular complexity index is 1790. The fourth-order valence-corrected chi connectivity index (χ4v) is 6.80. The van der Waals surface area contributed by atoms with Crippen molar-refractivity contribution in [3.63, 3.8) is 0 Å². The van der Waals surface area contributed by atoms with Gasteiger partial charge in [-0.15, -0.1) is 0 Å². The number of fused-ring (bicyclic) bond motifs is 1. The number of furan rings is 1. The van der Waals surface area contributed by atoms with Crippen molar-refractivity contribution in [3.05, 3.63) is 89.3 Å². The van der Waals surface area contributed by atoms with E-state index in [1.165, 1.54) is 22.5 Å². The van der Waals surface area contributed by atoms with Crippen molar-refractivity contribution < 1.29 is 32.3 Å². The molecule has 3 heterocycles. The van der Waals surface area contributed by atoms with Crippen LogP contribution in [-0.2, 0) is 27.7 Å². The number of rotatable bonds is 9. The van der Waals surface area contributed by atoms with Crippen LogP contribution in [0.5, 0.6) is 0 Å². The molecule has 11 nitrogen and oxygen atoms in total. The first-order valence-corrected chi connectivity index (χ1v) is 16.2. The summed E-state index contributed by atoms with van der Waals surface area (Å²) >= 11 is 0. The molecule has 1 saturated heterocycles. The van der Waals surface area contributed by atoms with Crippen molar-refractivity contribution in [2.45, 2.75) is 51.2 Å². The Kier molecular flexibility index (Phi) is 9.17. The zero-order valence-electron chi connectivity index (χ0n) is 25.9. The topological polar surface area (TPSA) is 133 Å². The first-order chi connectivity index (χ1) is 21.3.